The summed E-state index contributed by atoms with van der Waals surface area (Å²) in [5, 5.41) is 7.85. The zero-order valence-electron chi connectivity index (χ0n) is 16.7. The minimum atomic E-state index is -0.609. The van der Waals surface area contributed by atoms with Crippen molar-refractivity contribution >= 4 is 34.2 Å². The van der Waals surface area contributed by atoms with Crippen molar-refractivity contribution in [1.29, 1.82) is 0 Å². The number of hydrogen-bond acceptors (Lipinski definition) is 2. The highest BCUT2D eigenvalue weighted by atomic mass is 16.2. The number of fused-ring (bicyclic) bond motifs is 1. The van der Waals surface area contributed by atoms with Gasteiger partial charge in [-0.2, -0.15) is 0 Å². The van der Waals surface area contributed by atoms with E-state index in [1.54, 1.807) is 16.8 Å². The van der Waals surface area contributed by atoms with Gasteiger partial charge in [-0.3, -0.25) is 4.90 Å². The lowest BCUT2D eigenvalue weighted by molar-refractivity contribution is 0.180. The normalized spacial score (nSPS) is 18.2. The highest BCUT2D eigenvalue weighted by Crippen LogP contribution is 2.37. The lowest BCUT2D eigenvalue weighted by Gasteiger charge is -2.34. The molecule has 3 aromatic rings. The molecule has 0 aliphatic carbocycles. The van der Waals surface area contributed by atoms with E-state index in [9.17, 15) is 9.59 Å². The van der Waals surface area contributed by atoms with Gasteiger partial charge in [-0.25, -0.2) is 9.59 Å². The summed E-state index contributed by atoms with van der Waals surface area (Å²) in [5.74, 6) is 0. The summed E-state index contributed by atoms with van der Waals surface area (Å²) in [5.41, 5.74) is 0.856. The van der Waals surface area contributed by atoms with Crippen LogP contribution in [0.5, 0.6) is 0 Å². The smallest absolute Gasteiger partial charge is 0.318 e. The monoisotopic (exact) mass is 388 g/mol. The number of hydrogen-bond donors (Lipinski definition) is 2. The van der Waals surface area contributed by atoms with Crippen LogP contribution in [0.4, 0.5) is 21.0 Å². The Morgan fingerprint density at radius 2 is 1.59 bits per heavy atom. The van der Waals surface area contributed by atoms with Crippen molar-refractivity contribution in [3.05, 3.63) is 72.8 Å². The zero-order valence-corrected chi connectivity index (χ0v) is 16.7. The van der Waals surface area contributed by atoms with Crippen LogP contribution in [0, 0.1) is 0 Å². The third-order valence-electron chi connectivity index (χ3n) is 5.61. The highest BCUT2D eigenvalue weighted by molar-refractivity contribution is 6.06. The maximum absolute atomic E-state index is 13.2. The number of urea groups is 2. The molecule has 1 saturated heterocycles. The Bertz CT molecular complexity index is 1060. The SMILES string of the molecule is CN1C(=O)N(c2cccc3ccccc23)C(NC(=O)Nc2ccccc2)C1(C)C. The fraction of sp³-hybridized carbons (Fsp3) is 0.217. The first-order chi connectivity index (χ1) is 13.9. The summed E-state index contributed by atoms with van der Waals surface area (Å²) >= 11 is 0. The molecule has 6 heteroatoms. The summed E-state index contributed by atoms with van der Waals surface area (Å²) in [4.78, 5) is 29.3. The Labute approximate surface area is 170 Å². The van der Waals surface area contributed by atoms with E-state index < -0.39 is 11.7 Å². The number of rotatable bonds is 3. The second-order valence-corrected chi connectivity index (χ2v) is 7.73. The van der Waals surface area contributed by atoms with Crippen molar-refractivity contribution in [1.82, 2.24) is 10.2 Å². The number of carbonyl (C=O) groups is 2. The number of para-hydroxylation sites is 1. The minimum Gasteiger partial charge on any atom is -0.318 e. The number of carbonyl (C=O) groups excluding carboxylic acids is 2. The van der Waals surface area contributed by atoms with E-state index in [0.717, 1.165) is 16.5 Å². The van der Waals surface area contributed by atoms with Gasteiger partial charge in [0, 0.05) is 18.1 Å². The van der Waals surface area contributed by atoms with Crippen LogP contribution in [0.1, 0.15) is 13.8 Å². The first-order valence-electron chi connectivity index (χ1n) is 9.57. The van der Waals surface area contributed by atoms with Gasteiger partial charge in [0.05, 0.1) is 11.2 Å². The van der Waals surface area contributed by atoms with Gasteiger partial charge in [-0.05, 0) is 37.4 Å². The van der Waals surface area contributed by atoms with E-state index in [4.69, 9.17) is 0 Å². The molecule has 0 spiro atoms. The molecule has 1 atom stereocenters. The van der Waals surface area contributed by atoms with Crippen LogP contribution >= 0.6 is 0 Å². The molecule has 148 valence electrons. The Kier molecular flexibility index (Phi) is 4.62. The van der Waals surface area contributed by atoms with Crippen LogP contribution < -0.4 is 15.5 Å². The van der Waals surface area contributed by atoms with Gasteiger partial charge in [0.25, 0.3) is 0 Å². The molecule has 1 aliphatic rings. The van der Waals surface area contributed by atoms with Gasteiger partial charge >= 0.3 is 12.1 Å². The quantitative estimate of drug-likeness (QED) is 0.687. The van der Waals surface area contributed by atoms with Crippen LogP contribution in [0.3, 0.4) is 0 Å². The Morgan fingerprint density at radius 1 is 0.931 bits per heavy atom. The number of nitrogens with zero attached hydrogens (tertiary/aromatic N) is 2. The highest BCUT2D eigenvalue weighted by Gasteiger charge is 2.51. The molecular weight excluding hydrogens is 364 g/mol. The van der Waals surface area contributed by atoms with Crippen LogP contribution in [0.15, 0.2) is 72.8 Å². The van der Waals surface area contributed by atoms with Crippen molar-refractivity contribution in [2.45, 2.75) is 25.6 Å². The molecule has 2 N–H and O–H groups in total. The Morgan fingerprint density at radius 3 is 2.34 bits per heavy atom. The van der Waals surface area contributed by atoms with E-state index >= 15 is 0 Å². The Balaban J connectivity index is 1.71. The van der Waals surface area contributed by atoms with Gasteiger partial charge in [-0.1, -0.05) is 54.6 Å². The summed E-state index contributed by atoms with van der Waals surface area (Å²) in [6.07, 6.45) is -0.547. The predicted octanol–water partition coefficient (Wildman–Crippen LogP) is 4.64. The number of nitrogens with one attached hydrogen (secondary N) is 2. The second-order valence-electron chi connectivity index (χ2n) is 7.73. The average molecular weight is 388 g/mol. The molecule has 1 fully saturated rings. The zero-order chi connectivity index (χ0) is 20.6. The van der Waals surface area contributed by atoms with Gasteiger partial charge in [0.1, 0.15) is 6.17 Å². The lowest BCUT2D eigenvalue weighted by atomic mass is 10.00. The maximum Gasteiger partial charge on any atom is 0.326 e. The van der Waals surface area contributed by atoms with Gasteiger partial charge < -0.3 is 15.5 Å². The topological polar surface area (TPSA) is 64.7 Å². The first kappa shape index (κ1) is 18.8. The molecule has 1 unspecified atom stereocenters. The summed E-state index contributed by atoms with van der Waals surface area (Å²) in [6, 6.07) is 22.5. The average Bonchev–Trinajstić information content (AvgIpc) is 2.88. The van der Waals surface area contributed by atoms with Crippen molar-refractivity contribution in [2.24, 2.45) is 0 Å². The first-order valence-corrected chi connectivity index (χ1v) is 9.57. The molecule has 0 radical (unpaired) electrons. The van der Waals surface area contributed by atoms with Crippen LogP contribution in [0.2, 0.25) is 0 Å². The second kappa shape index (κ2) is 7.13. The van der Waals surface area contributed by atoms with Crippen LogP contribution in [-0.4, -0.2) is 35.7 Å². The third-order valence-corrected chi connectivity index (χ3v) is 5.61. The lowest BCUT2D eigenvalue weighted by Crippen LogP contribution is -2.56. The maximum atomic E-state index is 13.2. The van der Waals surface area contributed by atoms with E-state index in [1.807, 2.05) is 86.6 Å². The molecule has 0 saturated carbocycles. The molecule has 0 aromatic heterocycles. The van der Waals surface area contributed by atoms with E-state index in [-0.39, 0.29) is 12.1 Å². The van der Waals surface area contributed by atoms with Crippen molar-refractivity contribution in [3.8, 4) is 0 Å². The molecule has 1 heterocycles. The largest absolute Gasteiger partial charge is 0.326 e. The van der Waals surface area contributed by atoms with Gasteiger partial charge in [0.15, 0.2) is 0 Å². The van der Waals surface area contributed by atoms with E-state index in [2.05, 4.69) is 10.6 Å². The number of likely N-dealkylation sites (N-methyl/N-ethyl adjacent to an activating group) is 1. The molecule has 29 heavy (non-hydrogen) atoms. The van der Waals surface area contributed by atoms with Crippen LogP contribution in [-0.2, 0) is 0 Å². The Hall–Kier alpha value is -3.54. The van der Waals surface area contributed by atoms with Crippen LogP contribution in [0.25, 0.3) is 10.8 Å². The van der Waals surface area contributed by atoms with Gasteiger partial charge in [0.2, 0.25) is 0 Å². The van der Waals surface area contributed by atoms with Crippen molar-refractivity contribution < 1.29 is 9.59 Å². The molecular formula is C23H24N4O2. The summed E-state index contributed by atoms with van der Waals surface area (Å²) in [6.45, 7) is 3.90. The molecule has 1 aliphatic heterocycles. The number of amides is 4. The standard InChI is InChI=1S/C23H24N4O2/c1-23(2)20(25-21(28)24-17-12-5-4-6-13-17)27(22(29)26(23)3)19-15-9-11-16-10-7-8-14-18(16)19/h4-15,20H,1-3H3,(H2,24,25,28). The van der Waals surface area contributed by atoms with Crippen molar-refractivity contribution in [2.75, 3.05) is 17.3 Å². The fourth-order valence-corrected chi connectivity index (χ4v) is 3.73. The van der Waals surface area contributed by atoms with Gasteiger partial charge in [-0.15, -0.1) is 0 Å². The summed E-state index contributed by atoms with van der Waals surface area (Å²) < 4.78 is 0. The molecule has 6 nitrogen and oxygen atoms in total. The van der Waals surface area contributed by atoms with Crippen molar-refractivity contribution in [3.63, 3.8) is 0 Å². The predicted molar refractivity (Wildman–Crippen MR) is 116 cm³/mol. The minimum absolute atomic E-state index is 0.156. The molecule has 0 bridgehead atoms. The summed E-state index contributed by atoms with van der Waals surface area (Å²) in [7, 11) is 1.76. The van der Waals surface area contributed by atoms with E-state index in [1.165, 1.54) is 0 Å². The number of anilines is 2. The number of benzene rings is 3. The molecule has 3 aromatic carbocycles. The fourth-order valence-electron chi connectivity index (χ4n) is 3.73. The third kappa shape index (κ3) is 3.27. The molecule has 4 rings (SSSR count). The molecule has 4 amide bonds. The van der Waals surface area contributed by atoms with E-state index in [0.29, 0.717) is 5.69 Å².